The van der Waals surface area contributed by atoms with E-state index in [0.29, 0.717) is 38.5 Å². The Labute approximate surface area is 164 Å². The van der Waals surface area contributed by atoms with E-state index in [1.165, 1.54) is 6.07 Å². The Morgan fingerprint density at radius 2 is 1.71 bits per heavy atom. The molecule has 0 unspecified atom stereocenters. The van der Waals surface area contributed by atoms with E-state index >= 15 is 0 Å². The number of nitrogens with one attached hydrogen (secondary N) is 1. The number of halogens is 1. The summed E-state index contributed by atoms with van der Waals surface area (Å²) in [5, 5.41) is 2.87. The summed E-state index contributed by atoms with van der Waals surface area (Å²) in [6.07, 6.45) is 0. The maximum atomic E-state index is 13.9. The maximum absolute atomic E-state index is 13.9. The number of carbonyl (C=O) groups excluding carboxylic acids is 1. The fourth-order valence-corrected chi connectivity index (χ4v) is 3.15. The van der Waals surface area contributed by atoms with Crippen LogP contribution in [-0.2, 0) is 4.79 Å². The van der Waals surface area contributed by atoms with E-state index in [4.69, 9.17) is 9.47 Å². The van der Waals surface area contributed by atoms with Crippen LogP contribution in [0.4, 0.5) is 10.1 Å². The molecule has 150 valence electrons. The topological polar surface area (TPSA) is 54.0 Å². The summed E-state index contributed by atoms with van der Waals surface area (Å²) in [4.78, 5) is 16.2. The van der Waals surface area contributed by atoms with Crippen molar-refractivity contribution in [3.63, 3.8) is 0 Å². The third kappa shape index (κ3) is 5.60. The van der Waals surface area contributed by atoms with Crippen LogP contribution in [0.25, 0.3) is 0 Å². The van der Waals surface area contributed by atoms with Gasteiger partial charge in [0.25, 0.3) is 0 Å². The number of anilines is 1. The maximum Gasteiger partial charge on any atom is 0.234 e. The second-order valence-corrected chi connectivity index (χ2v) is 6.59. The number of hydrogen-bond donors (Lipinski definition) is 1. The third-order valence-electron chi connectivity index (χ3n) is 4.69. The molecule has 28 heavy (non-hydrogen) atoms. The summed E-state index contributed by atoms with van der Waals surface area (Å²) in [6.45, 7) is 4.05. The highest BCUT2D eigenvalue weighted by Crippen LogP contribution is 2.20. The second-order valence-electron chi connectivity index (χ2n) is 6.59. The van der Waals surface area contributed by atoms with Crippen LogP contribution in [0.15, 0.2) is 48.5 Å². The Balaban J connectivity index is 1.32. The van der Waals surface area contributed by atoms with Gasteiger partial charge in [0.15, 0.2) is 0 Å². The van der Waals surface area contributed by atoms with E-state index in [0.717, 1.165) is 24.6 Å². The highest BCUT2D eigenvalue weighted by Gasteiger charge is 2.20. The van der Waals surface area contributed by atoms with E-state index < -0.39 is 0 Å². The van der Waals surface area contributed by atoms with Crippen LogP contribution >= 0.6 is 0 Å². The normalized spacial score (nSPS) is 14.6. The molecule has 0 atom stereocenters. The Morgan fingerprint density at radius 3 is 2.39 bits per heavy atom. The van der Waals surface area contributed by atoms with Gasteiger partial charge < -0.3 is 19.7 Å². The molecule has 1 amide bonds. The predicted octanol–water partition coefficient (Wildman–Crippen LogP) is 2.15. The van der Waals surface area contributed by atoms with Gasteiger partial charge in [-0.3, -0.25) is 9.69 Å². The lowest BCUT2D eigenvalue weighted by Crippen LogP contribution is -2.50. The summed E-state index contributed by atoms with van der Waals surface area (Å²) in [5.74, 6) is 1.28. The molecule has 1 fully saturated rings. The van der Waals surface area contributed by atoms with Gasteiger partial charge in [-0.05, 0) is 36.4 Å². The van der Waals surface area contributed by atoms with Crippen LogP contribution < -0.4 is 19.7 Å². The number of carbonyl (C=O) groups is 1. The molecule has 2 aromatic carbocycles. The van der Waals surface area contributed by atoms with Crippen LogP contribution in [0, 0.1) is 5.82 Å². The number of hydrogen-bond acceptors (Lipinski definition) is 5. The van der Waals surface area contributed by atoms with Gasteiger partial charge in [-0.15, -0.1) is 0 Å². The van der Waals surface area contributed by atoms with Gasteiger partial charge in [-0.1, -0.05) is 12.1 Å². The van der Waals surface area contributed by atoms with Crippen molar-refractivity contribution in [1.82, 2.24) is 10.2 Å². The van der Waals surface area contributed by atoms with Crippen molar-refractivity contribution in [1.29, 1.82) is 0 Å². The highest BCUT2D eigenvalue weighted by molar-refractivity contribution is 5.78. The van der Waals surface area contributed by atoms with Crippen LogP contribution in [0.2, 0.25) is 0 Å². The largest absolute Gasteiger partial charge is 0.497 e. The molecule has 0 spiro atoms. The lowest BCUT2D eigenvalue weighted by molar-refractivity contribution is -0.122. The summed E-state index contributed by atoms with van der Waals surface area (Å²) in [5.41, 5.74) is 0.627. The van der Waals surface area contributed by atoms with Gasteiger partial charge in [0.2, 0.25) is 5.91 Å². The Bertz CT molecular complexity index is 762. The summed E-state index contributed by atoms with van der Waals surface area (Å²) >= 11 is 0. The molecule has 0 aromatic heterocycles. The van der Waals surface area contributed by atoms with Gasteiger partial charge in [-0.2, -0.15) is 0 Å². The number of benzene rings is 2. The Kier molecular flexibility index (Phi) is 7.08. The number of rotatable bonds is 8. The molecule has 2 aromatic rings. The molecule has 1 aliphatic heterocycles. The molecular weight excluding hydrogens is 361 g/mol. The monoisotopic (exact) mass is 387 g/mol. The molecule has 0 radical (unpaired) electrons. The van der Waals surface area contributed by atoms with E-state index in [-0.39, 0.29) is 11.7 Å². The number of nitrogens with zero attached hydrogens (tertiary/aromatic N) is 2. The average Bonchev–Trinajstić information content (AvgIpc) is 2.73. The average molecular weight is 387 g/mol. The van der Waals surface area contributed by atoms with Crippen molar-refractivity contribution in [2.45, 2.75) is 0 Å². The third-order valence-corrected chi connectivity index (χ3v) is 4.69. The minimum Gasteiger partial charge on any atom is -0.497 e. The Morgan fingerprint density at radius 1 is 1.04 bits per heavy atom. The summed E-state index contributed by atoms with van der Waals surface area (Å²) < 4.78 is 24.6. The minimum atomic E-state index is -0.203. The van der Waals surface area contributed by atoms with Crippen molar-refractivity contribution in [2.24, 2.45) is 0 Å². The summed E-state index contributed by atoms with van der Waals surface area (Å²) in [7, 11) is 1.62. The minimum absolute atomic E-state index is 0.0299. The molecule has 1 heterocycles. The zero-order valence-corrected chi connectivity index (χ0v) is 16.1. The van der Waals surface area contributed by atoms with Crippen molar-refractivity contribution in [3.05, 3.63) is 54.3 Å². The van der Waals surface area contributed by atoms with Crippen molar-refractivity contribution in [3.8, 4) is 11.5 Å². The molecule has 0 saturated carbocycles. The van der Waals surface area contributed by atoms with E-state index in [2.05, 4.69) is 10.2 Å². The van der Waals surface area contributed by atoms with Crippen molar-refractivity contribution in [2.75, 3.05) is 57.9 Å². The van der Waals surface area contributed by atoms with Crippen LogP contribution in [0.3, 0.4) is 0 Å². The standard InChI is InChI=1S/C21H26FN3O3/c1-27-17-6-8-18(9-7-17)28-15-10-23-21(26)16-24-11-13-25(14-12-24)20-5-3-2-4-19(20)22/h2-9H,10-16H2,1H3,(H,23,26). The molecule has 1 N–H and O–H groups in total. The first kappa shape index (κ1) is 19.9. The Hall–Kier alpha value is -2.80. The first-order chi connectivity index (χ1) is 13.7. The molecule has 0 bridgehead atoms. The number of ether oxygens (including phenoxy) is 2. The molecule has 6 nitrogen and oxygen atoms in total. The van der Waals surface area contributed by atoms with Crippen molar-refractivity contribution < 1.29 is 18.7 Å². The SMILES string of the molecule is COc1ccc(OCCNC(=O)CN2CCN(c3ccccc3F)CC2)cc1. The van der Waals surface area contributed by atoms with E-state index in [1.54, 1.807) is 19.2 Å². The zero-order chi connectivity index (χ0) is 19.8. The van der Waals surface area contributed by atoms with Gasteiger partial charge in [0, 0.05) is 26.2 Å². The number of para-hydroxylation sites is 1. The molecule has 1 aliphatic rings. The molecule has 1 saturated heterocycles. The van der Waals surface area contributed by atoms with Crippen LogP contribution in [0.1, 0.15) is 0 Å². The first-order valence-corrected chi connectivity index (χ1v) is 9.41. The van der Waals surface area contributed by atoms with Crippen LogP contribution in [0.5, 0.6) is 11.5 Å². The van der Waals surface area contributed by atoms with E-state index in [1.807, 2.05) is 35.2 Å². The molecular formula is C21H26FN3O3. The number of amides is 1. The molecule has 0 aliphatic carbocycles. The second kappa shape index (κ2) is 9.94. The summed E-state index contributed by atoms with van der Waals surface area (Å²) in [6, 6.07) is 14.1. The first-order valence-electron chi connectivity index (χ1n) is 9.41. The number of piperazine rings is 1. The predicted molar refractivity (Wildman–Crippen MR) is 107 cm³/mol. The fourth-order valence-electron chi connectivity index (χ4n) is 3.15. The van der Waals surface area contributed by atoms with Gasteiger partial charge >= 0.3 is 0 Å². The van der Waals surface area contributed by atoms with E-state index in [9.17, 15) is 9.18 Å². The quantitative estimate of drug-likeness (QED) is 0.704. The molecule has 7 heteroatoms. The zero-order valence-electron chi connectivity index (χ0n) is 16.1. The lowest BCUT2D eigenvalue weighted by Gasteiger charge is -2.35. The van der Waals surface area contributed by atoms with Gasteiger partial charge in [0.05, 0.1) is 25.9 Å². The molecule has 3 rings (SSSR count). The van der Waals surface area contributed by atoms with Gasteiger partial charge in [-0.25, -0.2) is 4.39 Å². The highest BCUT2D eigenvalue weighted by atomic mass is 19.1. The lowest BCUT2D eigenvalue weighted by atomic mass is 10.2. The smallest absolute Gasteiger partial charge is 0.234 e. The fraction of sp³-hybridized carbons (Fsp3) is 0.381. The van der Waals surface area contributed by atoms with Gasteiger partial charge in [0.1, 0.15) is 23.9 Å². The number of methoxy groups -OCH3 is 1. The van der Waals surface area contributed by atoms with Crippen LogP contribution in [-0.4, -0.2) is 63.8 Å². The van der Waals surface area contributed by atoms with Crippen molar-refractivity contribution >= 4 is 11.6 Å².